The molecule has 0 saturated carbocycles. The monoisotopic (exact) mass is 318 g/mol. The number of unbranched alkanes of at least 4 members (excludes halogenated alkanes) is 2. The second-order valence-electron chi connectivity index (χ2n) is 5.57. The first-order valence-electron chi connectivity index (χ1n) is 7.69. The third kappa shape index (κ3) is 6.03. The van der Waals surface area contributed by atoms with E-state index >= 15 is 0 Å². The number of carbonyl (C=O) groups is 2. The smallest absolute Gasteiger partial charge is 0.311 e. The number of hydrogen-bond donors (Lipinski definition) is 1. The minimum atomic E-state index is -3.06. The summed E-state index contributed by atoms with van der Waals surface area (Å²) in [6, 6.07) is -0.425. The summed E-state index contributed by atoms with van der Waals surface area (Å²) in [4.78, 5) is 25.7. The average Bonchev–Trinajstić information content (AvgIpc) is 2.77. The van der Waals surface area contributed by atoms with Crippen LogP contribution in [0, 0.1) is 0 Å². The Morgan fingerprint density at radius 2 is 1.71 bits per heavy atom. The van der Waals surface area contributed by atoms with E-state index in [1.807, 2.05) is 13.8 Å². The van der Waals surface area contributed by atoms with Crippen LogP contribution < -0.4 is 5.32 Å². The summed E-state index contributed by atoms with van der Waals surface area (Å²) in [6.45, 7) is 5.22. The molecule has 0 bridgehead atoms. The van der Waals surface area contributed by atoms with Crippen molar-refractivity contribution in [1.29, 1.82) is 0 Å². The Balaban J connectivity index is 2.54. The molecule has 1 heterocycles. The van der Waals surface area contributed by atoms with Gasteiger partial charge < -0.3 is 10.2 Å². The van der Waals surface area contributed by atoms with E-state index in [-0.39, 0.29) is 11.5 Å². The standard InChI is InChI=1S/C14H26N2O4S/c1-3-5-8-16(9-6-4-2)14(18)13(17)15-12-7-10-21(19,20)11-12/h12H,3-11H2,1-2H3,(H,15,17). The molecule has 122 valence electrons. The van der Waals surface area contributed by atoms with E-state index in [9.17, 15) is 18.0 Å². The van der Waals surface area contributed by atoms with Crippen LogP contribution in [0.25, 0.3) is 0 Å². The van der Waals surface area contributed by atoms with Gasteiger partial charge in [0.1, 0.15) is 0 Å². The molecule has 7 heteroatoms. The highest BCUT2D eigenvalue weighted by atomic mass is 32.2. The molecule has 1 saturated heterocycles. The lowest BCUT2D eigenvalue weighted by molar-refractivity contribution is -0.146. The maximum absolute atomic E-state index is 12.2. The summed E-state index contributed by atoms with van der Waals surface area (Å²) in [7, 11) is -3.06. The van der Waals surface area contributed by atoms with Gasteiger partial charge in [0.25, 0.3) is 0 Å². The Labute approximate surface area is 127 Å². The second kappa shape index (κ2) is 8.36. The number of nitrogens with zero attached hydrogens (tertiary/aromatic N) is 1. The first-order chi connectivity index (χ1) is 9.89. The van der Waals surface area contributed by atoms with Gasteiger partial charge in [0.05, 0.1) is 11.5 Å². The molecule has 1 N–H and O–H groups in total. The first-order valence-corrected chi connectivity index (χ1v) is 9.52. The minimum Gasteiger partial charge on any atom is -0.344 e. The highest BCUT2D eigenvalue weighted by Gasteiger charge is 2.31. The third-order valence-electron chi connectivity index (χ3n) is 3.61. The molecule has 0 aromatic heterocycles. The largest absolute Gasteiger partial charge is 0.344 e. The highest BCUT2D eigenvalue weighted by Crippen LogP contribution is 2.11. The zero-order valence-electron chi connectivity index (χ0n) is 12.9. The summed E-state index contributed by atoms with van der Waals surface area (Å²) in [5.41, 5.74) is 0. The van der Waals surface area contributed by atoms with Gasteiger partial charge in [-0.25, -0.2) is 8.42 Å². The fraction of sp³-hybridized carbons (Fsp3) is 0.857. The van der Waals surface area contributed by atoms with Crippen molar-refractivity contribution in [2.24, 2.45) is 0 Å². The second-order valence-corrected chi connectivity index (χ2v) is 7.80. The minimum absolute atomic E-state index is 0.0596. The van der Waals surface area contributed by atoms with Crippen LogP contribution >= 0.6 is 0 Å². The molecular formula is C14H26N2O4S. The van der Waals surface area contributed by atoms with Gasteiger partial charge in [-0.15, -0.1) is 0 Å². The van der Waals surface area contributed by atoms with Crippen LogP contribution in [0.1, 0.15) is 46.0 Å². The molecule has 1 aliphatic rings. The van der Waals surface area contributed by atoms with Crippen molar-refractivity contribution in [3.8, 4) is 0 Å². The lowest BCUT2D eigenvalue weighted by Gasteiger charge is -2.22. The fourth-order valence-corrected chi connectivity index (χ4v) is 3.99. The van der Waals surface area contributed by atoms with Crippen LogP contribution in [0.4, 0.5) is 0 Å². The van der Waals surface area contributed by atoms with E-state index in [1.165, 1.54) is 0 Å². The zero-order chi connectivity index (χ0) is 15.9. The number of carbonyl (C=O) groups excluding carboxylic acids is 2. The third-order valence-corrected chi connectivity index (χ3v) is 5.38. The van der Waals surface area contributed by atoms with Gasteiger partial charge in [-0.3, -0.25) is 9.59 Å². The Morgan fingerprint density at radius 1 is 1.14 bits per heavy atom. The van der Waals surface area contributed by atoms with E-state index in [0.717, 1.165) is 25.7 Å². The number of amides is 2. The molecule has 1 aliphatic heterocycles. The molecule has 0 radical (unpaired) electrons. The molecule has 1 fully saturated rings. The topological polar surface area (TPSA) is 83.6 Å². The van der Waals surface area contributed by atoms with E-state index < -0.39 is 27.7 Å². The van der Waals surface area contributed by atoms with Gasteiger partial charge in [0.15, 0.2) is 9.84 Å². The number of hydrogen-bond acceptors (Lipinski definition) is 4. The van der Waals surface area contributed by atoms with Crippen LogP contribution in [-0.2, 0) is 19.4 Å². The van der Waals surface area contributed by atoms with Crippen molar-refractivity contribution >= 4 is 21.7 Å². The highest BCUT2D eigenvalue weighted by molar-refractivity contribution is 7.91. The molecule has 2 amide bonds. The van der Waals surface area contributed by atoms with Gasteiger partial charge in [-0.1, -0.05) is 26.7 Å². The van der Waals surface area contributed by atoms with Crippen molar-refractivity contribution in [2.45, 2.75) is 52.0 Å². The Hall–Kier alpha value is -1.11. The van der Waals surface area contributed by atoms with Gasteiger partial charge in [0.2, 0.25) is 0 Å². The zero-order valence-corrected chi connectivity index (χ0v) is 13.7. The van der Waals surface area contributed by atoms with Crippen LogP contribution in [0.15, 0.2) is 0 Å². The fourth-order valence-electron chi connectivity index (χ4n) is 2.31. The van der Waals surface area contributed by atoms with E-state index in [4.69, 9.17) is 0 Å². The summed E-state index contributed by atoms with van der Waals surface area (Å²) >= 11 is 0. The van der Waals surface area contributed by atoms with Gasteiger partial charge in [-0.05, 0) is 19.3 Å². The van der Waals surface area contributed by atoms with Crippen molar-refractivity contribution in [2.75, 3.05) is 24.6 Å². The maximum Gasteiger partial charge on any atom is 0.311 e. The van der Waals surface area contributed by atoms with Crippen LogP contribution in [0.2, 0.25) is 0 Å². The molecule has 0 aromatic rings. The molecule has 21 heavy (non-hydrogen) atoms. The van der Waals surface area contributed by atoms with Crippen LogP contribution in [0.5, 0.6) is 0 Å². The lowest BCUT2D eigenvalue weighted by Crippen LogP contribution is -2.47. The Morgan fingerprint density at radius 3 is 2.14 bits per heavy atom. The van der Waals surface area contributed by atoms with Gasteiger partial charge in [0, 0.05) is 19.1 Å². The molecule has 1 unspecified atom stereocenters. The molecule has 0 aromatic carbocycles. The number of rotatable bonds is 7. The molecule has 1 atom stereocenters. The summed E-state index contributed by atoms with van der Waals surface area (Å²) in [5, 5.41) is 2.56. The maximum atomic E-state index is 12.2. The summed E-state index contributed by atoms with van der Waals surface area (Å²) < 4.78 is 22.7. The van der Waals surface area contributed by atoms with E-state index in [2.05, 4.69) is 5.32 Å². The summed E-state index contributed by atoms with van der Waals surface area (Å²) in [6.07, 6.45) is 4.03. The van der Waals surface area contributed by atoms with E-state index in [0.29, 0.717) is 19.5 Å². The average molecular weight is 318 g/mol. The molecule has 6 nitrogen and oxygen atoms in total. The molecule has 0 aliphatic carbocycles. The van der Waals surface area contributed by atoms with Crippen molar-refractivity contribution in [3.63, 3.8) is 0 Å². The van der Waals surface area contributed by atoms with Crippen LogP contribution in [-0.4, -0.2) is 55.8 Å². The normalized spacial score (nSPS) is 20.2. The molecule has 0 spiro atoms. The lowest BCUT2D eigenvalue weighted by atomic mass is 10.2. The predicted molar refractivity (Wildman–Crippen MR) is 81.6 cm³/mol. The Kier molecular flexibility index (Phi) is 7.14. The SMILES string of the molecule is CCCCN(CCCC)C(=O)C(=O)NC1CCS(=O)(=O)C1. The van der Waals surface area contributed by atoms with Crippen LogP contribution in [0.3, 0.4) is 0 Å². The summed E-state index contributed by atoms with van der Waals surface area (Å²) in [5.74, 6) is -1.19. The first kappa shape index (κ1) is 17.9. The van der Waals surface area contributed by atoms with Crippen molar-refractivity contribution in [3.05, 3.63) is 0 Å². The van der Waals surface area contributed by atoms with E-state index in [1.54, 1.807) is 4.90 Å². The van der Waals surface area contributed by atoms with Gasteiger partial charge >= 0.3 is 11.8 Å². The quantitative estimate of drug-likeness (QED) is 0.701. The van der Waals surface area contributed by atoms with Gasteiger partial charge in [-0.2, -0.15) is 0 Å². The Bertz CT molecular complexity index is 454. The molecule has 1 rings (SSSR count). The van der Waals surface area contributed by atoms with Crippen molar-refractivity contribution in [1.82, 2.24) is 10.2 Å². The number of sulfone groups is 1. The van der Waals surface area contributed by atoms with Crippen molar-refractivity contribution < 1.29 is 18.0 Å². The molecular weight excluding hydrogens is 292 g/mol. The number of nitrogens with one attached hydrogen (secondary N) is 1. The predicted octanol–water partition coefficient (Wildman–Crippen LogP) is 0.719.